The number of amides is 1. The first kappa shape index (κ1) is 17.3. The normalized spacial score (nSPS) is 24.6. The van der Waals surface area contributed by atoms with E-state index in [4.69, 9.17) is 4.74 Å². The van der Waals surface area contributed by atoms with Gasteiger partial charge in [0.1, 0.15) is 6.10 Å². The Balaban J connectivity index is 0.00000169. The van der Waals surface area contributed by atoms with E-state index < -0.39 is 0 Å². The molecule has 24 heavy (non-hydrogen) atoms. The molecule has 2 unspecified atom stereocenters. The van der Waals surface area contributed by atoms with Gasteiger partial charge in [-0.15, -0.1) is 12.4 Å². The van der Waals surface area contributed by atoms with Gasteiger partial charge in [-0.05, 0) is 36.8 Å². The summed E-state index contributed by atoms with van der Waals surface area (Å²) in [5, 5.41) is 4.46. The third-order valence-electron chi connectivity index (χ3n) is 4.90. The van der Waals surface area contributed by atoms with E-state index in [-0.39, 0.29) is 30.5 Å². The number of carbonyl (C=O) groups is 1. The van der Waals surface area contributed by atoms with Gasteiger partial charge in [-0.25, -0.2) is 0 Å². The van der Waals surface area contributed by atoms with E-state index in [1.165, 1.54) is 5.39 Å². The molecule has 0 radical (unpaired) electrons. The summed E-state index contributed by atoms with van der Waals surface area (Å²) in [6.07, 6.45) is 2.91. The first-order chi connectivity index (χ1) is 11.3. The Morgan fingerprint density at radius 1 is 1.25 bits per heavy atom. The zero-order chi connectivity index (χ0) is 15.6. The van der Waals surface area contributed by atoms with Gasteiger partial charge < -0.3 is 19.9 Å². The molecule has 1 aromatic heterocycles. The lowest BCUT2D eigenvalue weighted by atomic mass is 9.98. The number of benzene rings is 1. The van der Waals surface area contributed by atoms with Crippen molar-refractivity contribution in [3.63, 3.8) is 0 Å². The standard InChI is InChI=1S/C18H23N3O2.ClH/c22-18(17-12-19-8-10-23-17)21-9-4-3-7-16(21)15-11-13-5-1-2-6-14(13)20-15;/h1-2,5-6,11,16-17,19-20H,3-4,7-10,12H2;1H. The van der Waals surface area contributed by atoms with Crippen molar-refractivity contribution in [2.24, 2.45) is 0 Å². The Morgan fingerprint density at radius 3 is 2.92 bits per heavy atom. The number of fused-ring (bicyclic) bond motifs is 1. The number of piperidine rings is 1. The summed E-state index contributed by atoms with van der Waals surface area (Å²) >= 11 is 0. The predicted octanol–water partition coefficient (Wildman–Crippen LogP) is 2.63. The van der Waals surface area contributed by atoms with E-state index in [0.29, 0.717) is 13.2 Å². The van der Waals surface area contributed by atoms with Crippen LogP contribution in [0.1, 0.15) is 31.0 Å². The Labute approximate surface area is 148 Å². The molecule has 1 amide bonds. The van der Waals surface area contributed by atoms with Gasteiger partial charge in [0.15, 0.2) is 0 Å². The van der Waals surface area contributed by atoms with Crippen LogP contribution in [0.4, 0.5) is 0 Å². The number of aromatic amines is 1. The molecule has 2 aliphatic rings. The third kappa shape index (κ3) is 3.29. The molecule has 2 saturated heterocycles. The highest BCUT2D eigenvalue weighted by Gasteiger charge is 2.34. The fraction of sp³-hybridized carbons (Fsp3) is 0.500. The fourth-order valence-corrected chi connectivity index (χ4v) is 3.70. The van der Waals surface area contributed by atoms with Crippen molar-refractivity contribution < 1.29 is 9.53 Å². The quantitative estimate of drug-likeness (QED) is 0.876. The molecule has 2 fully saturated rings. The molecule has 5 nitrogen and oxygen atoms in total. The SMILES string of the molecule is Cl.O=C(C1CNCCO1)N1CCCCC1c1cc2ccccc2[nH]1. The van der Waals surface area contributed by atoms with Crippen molar-refractivity contribution in [3.8, 4) is 0 Å². The molecule has 6 heteroatoms. The number of halogens is 1. The number of carbonyl (C=O) groups excluding carboxylic acids is 1. The number of H-pyrrole nitrogens is 1. The van der Waals surface area contributed by atoms with Crippen LogP contribution in [-0.4, -0.2) is 48.1 Å². The molecule has 1 aromatic carbocycles. The van der Waals surface area contributed by atoms with E-state index in [0.717, 1.165) is 43.6 Å². The molecule has 3 heterocycles. The molecule has 2 atom stereocenters. The van der Waals surface area contributed by atoms with Gasteiger partial charge in [0, 0.05) is 30.8 Å². The maximum atomic E-state index is 12.9. The van der Waals surface area contributed by atoms with Crippen LogP contribution < -0.4 is 5.32 Å². The van der Waals surface area contributed by atoms with Gasteiger partial charge in [0.2, 0.25) is 0 Å². The lowest BCUT2D eigenvalue weighted by Crippen LogP contribution is -2.51. The van der Waals surface area contributed by atoms with Crippen LogP contribution >= 0.6 is 12.4 Å². The maximum Gasteiger partial charge on any atom is 0.253 e. The predicted molar refractivity (Wildman–Crippen MR) is 96.5 cm³/mol. The second kappa shape index (κ2) is 7.55. The minimum atomic E-state index is -0.339. The summed E-state index contributed by atoms with van der Waals surface area (Å²) in [6, 6.07) is 10.6. The van der Waals surface area contributed by atoms with Crippen molar-refractivity contribution in [2.45, 2.75) is 31.4 Å². The van der Waals surface area contributed by atoms with E-state index >= 15 is 0 Å². The van der Waals surface area contributed by atoms with E-state index in [9.17, 15) is 4.79 Å². The molecule has 2 aliphatic heterocycles. The van der Waals surface area contributed by atoms with Crippen LogP contribution in [0.2, 0.25) is 0 Å². The van der Waals surface area contributed by atoms with Gasteiger partial charge in [0.25, 0.3) is 5.91 Å². The van der Waals surface area contributed by atoms with Gasteiger partial charge in [-0.1, -0.05) is 18.2 Å². The number of hydrogen-bond donors (Lipinski definition) is 2. The number of morpholine rings is 1. The molecular formula is C18H24ClN3O2. The van der Waals surface area contributed by atoms with Crippen molar-refractivity contribution in [1.82, 2.24) is 15.2 Å². The number of hydrogen-bond acceptors (Lipinski definition) is 3. The smallest absolute Gasteiger partial charge is 0.253 e. The van der Waals surface area contributed by atoms with Crippen LogP contribution in [0.3, 0.4) is 0 Å². The maximum absolute atomic E-state index is 12.9. The summed E-state index contributed by atoms with van der Waals surface area (Å²) < 4.78 is 5.67. The lowest BCUT2D eigenvalue weighted by molar-refractivity contribution is -0.149. The summed E-state index contributed by atoms with van der Waals surface area (Å²) in [6.45, 7) is 2.88. The highest BCUT2D eigenvalue weighted by atomic mass is 35.5. The number of para-hydroxylation sites is 1. The second-order valence-corrected chi connectivity index (χ2v) is 6.42. The number of aromatic nitrogens is 1. The summed E-state index contributed by atoms with van der Waals surface area (Å²) in [4.78, 5) is 18.4. The Hall–Kier alpha value is -1.56. The van der Waals surface area contributed by atoms with Crippen LogP contribution in [0.25, 0.3) is 10.9 Å². The van der Waals surface area contributed by atoms with Crippen LogP contribution in [0.5, 0.6) is 0 Å². The first-order valence-electron chi connectivity index (χ1n) is 8.53. The lowest BCUT2D eigenvalue weighted by Gasteiger charge is -2.38. The number of ether oxygens (including phenoxy) is 1. The summed E-state index contributed by atoms with van der Waals surface area (Å²) in [7, 11) is 0. The first-order valence-corrected chi connectivity index (χ1v) is 8.53. The largest absolute Gasteiger partial charge is 0.366 e. The van der Waals surface area contributed by atoms with Crippen LogP contribution in [0, 0.1) is 0 Å². The van der Waals surface area contributed by atoms with E-state index in [1.807, 2.05) is 17.0 Å². The van der Waals surface area contributed by atoms with Crippen molar-refractivity contribution in [1.29, 1.82) is 0 Å². The van der Waals surface area contributed by atoms with Crippen molar-refractivity contribution in [3.05, 3.63) is 36.0 Å². The molecule has 4 rings (SSSR count). The molecule has 0 aliphatic carbocycles. The Bertz CT molecular complexity index is 663. The molecule has 0 bridgehead atoms. The van der Waals surface area contributed by atoms with E-state index in [2.05, 4.69) is 28.5 Å². The molecule has 2 N–H and O–H groups in total. The van der Waals surface area contributed by atoms with Crippen LogP contribution in [0.15, 0.2) is 30.3 Å². The molecule has 0 saturated carbocycles. The number of nitrogens with one attached hydrogen (secondary N) is 2. The number of nitrogens with zero attached hydrogens (tertiary/aromatic N) is 1. The fourth-order valence-electron chi connectivity index (χ4n) is 3.70. The van der Waals surface area contributed by atoms with Gasteiger partial charge in [0.05, 0.1) is 12.6 Å². The highest BCUT2D eigenvalue weighted by Crippen LogP contribution is 2.33. The minimum absolute atomic E-state index is 0. The average molecular weight is 350 g/mol. The minimum Gasteiger partial charge on any atom is -0.366 e. The van der Waals surface area contributed by atoms with Crippen LogP contribution in [-0.2, 0) is 9.53 Å². The molecule has 130 valence electrons. The average Bonchev–Trinajstić information content (AvgIpc) is 3.06. The van der Waals surface area contributed by atoms with Crippen molar-refractivity contribution in [2.75, 3.05) is 26.2 Å². The van der Waals surface area contributed by atoms with Gasteiger partial charge >= 0.3 is 0 Å². The number of rotatable bonds is 2. The molecule has 0 spiro atoms. The second-order valence-electron chi connectivity index (χ2n) is 6.42. The summed E-state index contributed by atoms with van der Waals surface area (Å²) in [5.41, 5.74) is 2.28. The molecular weight excluding hydrogens is 326 g/mol. The monoisotopic (exact) mass is 349 g/mol. The summed E-state index contributed by atoms with van der Waals surface area (Å²) in [5.74, 6) is 0.126. The van der Waals surface area contributed by atoms with Gasteiger partial charge in [-0.3, -0.25) is 4.79 Å². The zero-order valence-electron chi connectivity index (χ0n) is 13.7. The molecule has 2 aromatic rings. The highest BCUT2D eigenvalue weighted by molar-refractivity contribution is 5.85. The Kier molecular flexibility index (Phi) is 5.43. The van der Waals surface area contributed by atoms with E-state index in [1.54, 1.807) is 0 Å². The third-order valence-corrected chi connectivity index (χ3v) is 4.90. The Morgan fingerprint density at radius 2 is 2.12 bits per heavy atom. The van der Waals surface area contributed by atoms with Gasteiger partial charge in [-0.2, -0.15) is 0 Å². The zero-order valence-corrected chi connectivity index (χ0v) is 14.5. The number of likely N-dealkylation sites (tertiary alicyclic amines) is 1. The van der Waals surface area contributed by atoms with Crippen molar-refractivity contribution >= 4 is 29.2 Å². The topological polar surface area (TPSA) is 57.4 Å².